The van der Waals surface area contributed by atoms with Crippen LogP contribution in [-0.4, -0.2) is 35.4 Å². The van der Waals surface area contributed by atoms with Crippen molar-refractivity contribution in [2.75, 3.05) is 13.2 Å². The molecule has 1 rings (SSSR count). The molecular weight excluding hydrogens is 312 g/mol. The quantitative estimate of drug-likeness (QED) is 0.477. The molecule has 6 heteroatoms. The van der Waals surface area contributed by atoms with Gasteiger partial charge in [0, 0.05) is 12.1 Å². The van der Waals surface area contributed by atoms with Crippen LogP contribution in [0.5, 0.6) is 5.75 Å². The molecule has 1 atom stereocenters. The molecule has 1 aromatic rings. The van der Waals surface area contributed by atoms with Crippen molar-refractivity contribution in [3.8, 4) is 5.75 Å². The minimum Gasteiger partial charge on any atom is -0.494 e. The molecule has 0 fully saturated rings. The molecule has 0 heterocycles. The summed E-state index contributed by atoms with van der Waals surface area (Å²) in [6, 6.07) is 6.96. The van der Waals surface area contributed by atoms with Gasteiger partial charge in [-0.2, -0.15) is 0 Å². The number of rotatable bonds is 9. The summed E-state index contributed by atoms with van der Waals surface area (Å²) in [5.41, 5.74) is 0.504. The van der Waals surface area contributed by atoms with Crippen molar-refractivity contribution in [3.63, 3.8) is 0 Å². The van der Waals surface area contributed by atoms with Gasteiger partial charge in [-0.1, -0.05) is 26.2 Å². The van der Waals surface area contributed by atoms with E-state index < -0.39 is 6.10 Å². The van der Waals surface area contributed by atoms with E-state index in [1.165, 1.54) is 19.3 Å². The van der Waals surface area contributed by atoms with Crippen LogP contribution in [0, 0.1) is 0 Å². The van der Waals surface area contributed by atoms with Gasteiger partial charge in [0.05, 0.1) is 12.7 Å². The van der Waals surface area contributed by atoms with Crippen LogP contribution < -0.4 is 15.4 Å². The van der Waals surface area contributed by atoms with Crippen molar-refractivity contribution in [1.29, 1.82) is 0 Å². The molecule has 23 heavy (non-hydrogen) atoms. The molecular formula is C17H26N2O3S. The Morgan fingerprint density at radius 1 is 1.26 bits per heavy atom. The first-order valence-electron chi connectivity index (χ1n) is 8.03. The highest BCUT2D eigenvalue weighted by Gasteiger charge is 2.08. The van der Waals surface area contributed by atoms with Crippen LogP contribution in [0.4, 0.5) is 0 Å². The van der Waals surface area contributed by atoms with Crippen molar-refractivity contribution in [2.45, 2.75) is 45.6 Å². The number of benzene rings is 1. The fourth-order valence-corrected chi connectivity index (χ4v) is 2.06. The second kappa shape index (κ2) is 11.0. The molecule has 0 bridgehead atoms. The van der Waals surface area contributed by atoms with Gasteiger partial charge in [0.2, 0.25) is 0 Å². The van der Waals surface area contributed by atoms with Crippen molar-refractivity contribution < 1.29 is 14.6 Å². The summed E-state index contributed by atoms with van der Waals surface area (Å²) < 4.78 is 5.64. The summed E-state index contributed by atoms with van der Waals surface area (Å²) in [6.07, 6.45) is 4.12. The van der Waals surface area contributed by atoms with Gasteiger partial charge in [-0.3, -0.25) is 10.1 Å². The second-order valence-electron chi connectivity index (χ2n) is 5.45. The first-order valence-corrected chi connectivity index (χ1v) is 8.44. The zero-order valence-corrected chi connectivity index (χ0v) is 14.6. The van der Waals surface area contributed by atoms with Crippen LogP contribution in [-0.2, 0) is 0 Å². The molecule has 1 amide bonds. The highest BCUT2D eigenvalue weighted by molar-refractivity contribution is 7.80. The number of hydrogen-bond donors (Lipinski definition) is 3. The molecule has 0 aliphatic carbocycles. The number of carbonyl (C=O) groups is 1. The third kappa shape index (κ3) is 8.52. The van der Waals surface area contributed by atoms with Crippen molar-refractivity contribution in [3.05, 3.63) is 29.8 Å². The van der Waals surface area contributed by atoms with Gasteiger partial charge in [-0.05, 0) is 49.8 Å². The number of thiocarbonyl (C=S) groups is 1. The maximum atomic E-state index is 12.0. The SMILES string of the molecule is CCCCCCOc1ccc(C(=O)NC(=S)NCC(C)O)cc1. The highest BCUT2D eigenvalue weighted by atomic mass is 32.1. The lowest BCUT2D eigenvalue weighted by Gasteiger charge is -2.11. The monoisotopic (exact) mass is 338 g/mol. The highest BCUT2D eigenvalue weighted by Crippen LogP contribution is 2.13. The molecule has 0 aliphatic heterocycles. The maximum Gasteiger partial charge on any atom is 0.257 e. The number of aliphatic hydroxyl groups is 1. The van der Waals surface area contributed by atoms with Gasteiger partial charge in [0.25, 0.3) is 5.91 Å². The molecule has 0 radical (unpaired) electrons. The Kier molecular flexibility index (Phi) is 9.24. The van der Waals surface area contributed by atoms with Crippen LogP contribution >= 0.6 is 12.2 Å². The van der Waals surface area contributed by atoms with Gasteiger partial charge in [0.1, 0.15) is 5.75 Å². The fourth-order valence-electron chi connectivity index (χ4n) is 1.88. The predicted octanol–water partition coefficient (Wildman–Crippen LogP) is 2.63. The molecule has 1 unspecified atom stereocenters. The average Bonchev–Trinajstić information content (AvgIpc) is 2.53. The third-order valence-corrected chi connectivity index (χ3v) is 3.41. The Morgan fingerprint density at radius 2 is 1.96 bits per heavy atom. The van der Waals surface area contributed by atoms with Crippen LogP contribution in [0.2, 0.25) is 0 Å². The van der Waals surface area contributed by atoms with Crippen LogP contribution in [0.1, 0.15) is 49.9 Å². The molecule has 0 saturated heterocycles. The largest absolute Gasteiger partial charge is 0.494 e. The zero-order valence-electron chi connectivity index (χ0n) is 13.8. The van der Waals surface area contributed by atoms with Crippen LogP contribution in [0.25, 0.3) is 0 Å². The van der Waals surface area contributed by atoms with Gasteiger partial charge in [-0.15, -0.1) is 0 Å². The van der Waals surface area contributed by atoms with E-state index in [0.717, 1.165) is 12.2 Å². The van der Waals surface area contributed by atoms with Crippen molar-refractivity contribution >= 4 is 23.2 Å². The van der Waals surface area contributed by atoms with Gasteiger partial charge < -0.3 is 15.2 Å². The lowest BCUT2D eigenvalue weighted by atomic mass is 10.2. The number of nitrogens with one attached hydrogen (secondary N) is 2. The van der Waals surface area contributed by atoms with E-state index in [2.05, 4.69) is 17.6 Å². The Labute approximate surface area is 143 Å². The minimum atomic E-state index is -0.529. The van der Waals surface area contributed by atoms with Gasteiger partial charge in [-0.25, -0.2) is 0 Å². The molecule has 1 aromatic carbocycles. The lowest BCUT2D eigenvalue weighted by Crippen LogP contribution is -2.41. The second-order valence-corrected chi connectivity index (χ2v) is 5.85. The van der Waals surface area contributed by atoms with E-state index in [4.69, 9.17) is 22.1 Å². The summed E-state index contributed by atoms with van der Waals surface area (Å²) >= 11 is 4.99. The summed E-state index contributed by atoms with van der Waals surface area (Å²) in [7, 11) is 0. The Bertz CT molecular complexity index is 489. The lowest BCUT2D eigenvalue weighted by molar-refractivity contribution is 0.0976. The van der Waals surface area contributed by atoms with Crippen molar-refractivity contribution in [2.24, 2.45) is 0 Å². The zero-order chi connectivity index (χ0) is 17.1. The molecule has 0 spiro atoms. The maximum absolute atomic E-state index is 12.0. The third-order valence-electron chi connectivity index (χ3n) is 3.17. The van der Waals surface area contributed by atoms with Crippen LogP contribution in [0.15, 0.2) is 24.3 Å². The van der Waals surface area contributed by atoms with E-state index in [-0.39, 0.29) is 11.0 Å². The molecule has 0 saturated carbocycles. The standard InChI is InChI=1S/C17H26N2O3S/c1-3-4-5-6-11-22-15-9-7-14(8-10-15)16(21)19-17(23)18-12-13(2)20/h7-10,13,20H,3-6,11-12H2,1-2H3,(H2,18,19,21,23). The van der Waals surface area contributed by atoms with E-state index in [9.17, 15) is 4.79 Å². The summed E-state index contributed by atoms with van der Waals surface area (Å²) in [5.74, 6) is 0.468. The van der Waals surface area contributed by atoms with E-state index in [1.54, 1.807) is 31.2 Å². The first-order chi connectivity index (χ1) is 11.0. The number of ether oxygens (including phenoxy) is 1. The summed E-state index contributed by atoms with van der Waals surface area (Å²) in [4.78, 5) is 12.0. The predicted molar refractivity (Wildman–Crippen MR) is 95.8 cm³/mol. The summed E-state index contributed by atoms with van der Waals surface area (Å²) in [5, 5.41) is 14.7. The number of amides is 1. The molecule has 3 N–H and O–H groups in total. The molecule has 5 nitrogen and oxygen atoms in total. The van der Waals surface area contributed by atoms with Gasteiger partial charge in [0.15, 0.2) is 5.11 Å². The fraction of sp³-hybridized carbons (Fsp3) is 0.529. The summed E-state index contributed by atoms with van der Waals surface area (Å²) in [6.45, 7) is 4.80. The number of carbonyl (C=O) groups excluding carboxylic acids is 1. The Morgan fingerprint density at radius 3 is 2.57 bits per heavy atom. The van der Waals surface area contributed by atoms with Gasteiger partial charge >= 0.3 is 0 Å². The first kappa shape index (κ1) is 19.4. The van der Waals surface area contributed by atoms with Crippen molar-refractivity contribution in [1.82, 2.24) is 10.6 Å². The topological polar surface area (TPSA) is 70.6 Å². The minimum absolute atomic E-state index is 0.201. The number of unbranched alkanes of at least 4 members (excludes halogenated alkanes) is 3. The molecule has 128 valence electrons. The smallest absolute Gasteiger partial charge is 0.257 e. The normalized spacial score (nSPS) is 11.6. The Hall–Kier alpha value is -1.66. The molecule has 0 aliphatic rings. The molecule has 0 aromatic heterocycles. The van der Waals surface area contributed by atoms with E-state index >= 15 is 0 Å². The van der Waals surface area contributed by atoms with Crippen LogP contribution in [0.3, 0.4) is 0 Å². The Balaban J connectivity index is 2.37. The number of aliphatic hydroxyl groups excluding tert-OH is 1. The number of hydrogen-bond acceptors (Lipinski definition) is 4. The average molecular weight is 338 g/mol. The van der Waals surface area contributed by atoms with E-state index in [0.29, 0.717) is 18.7 Å². The van der Waals surface area contributed by atoms with E-state index in [1.807, 2.05) is 0 Å².